The Morgan fingerprint density at radius 3 is 2.25 bits per heavy atom. The van der Waals surface area contributed by atoms with Crippen LogP contribution < -0.4 is 10.1 Å². The summed E-state index contributed by atoms with van der Waals surface area (Å²) < 4.78 is 8.52. The van der Waals surface area contributed by atoms with Crippen molar-refractivity contribution in [1.82, 2.24) is 14.8 Å². The fourth-order valence-corrected chi connectivity index (χ4v) is 4.01. The lowest BCUT2D eigenvalue weighted by Gasteiger charge is -2.11. The van der Waals surface area contributed by atoms with Gasteiger partial charge in [-0.2, -0.15) is 0 Å². The van der Waals surface area contributed by atoms with Crippen molar-refractivity contribution in [2.75, 3.05) is 5.32 Å². The Kier molecular flexibility index (Phi) is 6.64. The van der Waals surface area contributed by atoms with Crippen molar-refractivity contribution in [3.05, 3.63) is 118 Å². The fraction of sp³-hybridized carbons (Fsp3) is 0.0690. The monoisotopic (exact) mass is 538 g/mol. The van der Waals surface area contributed by atoms with Crippen LogP contribution in [-0.4, -0.2) is 20.7 Å². The number of carbonyl (C=O) groups excluding carboxylic acids is 1. The molecule has 0 unspecified atom stereocenters. The molecule has 0 atom stereocenters. The van der Waals surface area contributed by atoms with E-state index < -0.39 is 5.91 Å². The zero-order chi connectivity index (χ0) is 25.1. The number of benzene rings is 4. The molecule has 0 aliphatic rings. The Morgan fingerprint density at radius 2 is 1.53 bits per heavy atom. The van der Waals surface area contributed by atoms with Gasteiger partial charge in [0.05, 0.1) is 5.69 Å². The minimum absolute atomic E-state index is 0.0819. The van der Waals surface area contributed by atoms with Crippen LogP contribution in [0.4, 0.5) is 5.69 Å². The number of amides is 1. The number of nitrogens with one attached hydrogen (secondary N) is 1. The van der Waals surface area contributed by atoms with Gasteiger partial charge >= 0.3 is 0 Å². The Morgan fingerprint density at radius 1 is 0.833 bits per heavy atom. The highest BCUT2D eigenvalue weighted by atomic mass is 79.9. The van der Waals surface area contributed by atoms with Gasteiger partial charge in [0.1, 0.15) is 11.5 Å². The van der Waals surface area contributed by atoms with Crippen LogP contribution in [-0.2, 0) is 0 Å². The van der Waals surface area contributed by atoms with Crippen LogP contribution in [0.1, 0.15) is 21.7 Å². The van der Waals surface area contributed by atoms with Crippen LogP contribution in [0, 0.1) is 13.8 Å². The molecule has 0 aliphatic heterocycles. The van der Waals surface area contributed by atoms with Crippen LogP contribution in [0.5, 0.6) is 11.5 Å². The number of aryl methyl sites for hydroxylation is 1. The number of carbonyl (C=O) groups is 1. The minimum Gasteiger partial charge on any atom is -0.457 e. The smallest absolute Gasteiger partial charge is 0.295 e. The SMILES string of the molecule is Cc1cccc(-n2nc(C(=O)Nc3ccc(Oc4ccccc4)cc3)nc2-c2ccc(Br)cc2)c1C. The maximum absolute atomic E-state index is 13.1. The third-order valence-electron chi connectivity index (χ3n) is 5.81. The highest BCUT2D eigenvalue weighted by molar-refractivity contribution is 9.10. The average Bonchev–Trinajstić information content (AvgIpc) is 3.33. The second-order valence-corrected chi connectivity index (χ2v) is 9.21. The maximum atomic E-state index is 13.1. The summed E-state index contributed by atoms with van der Waals surface area (Å²) in [7, 11) is 0. The normalized spacial score (nSPS) is 10.8. The second kappa shape index (κ2) is 10.2. The van der Waals surface area contributed by atoms with E-state index in [0.717, 1.165) is 32.6 Å². The molecular formula is C29H23BrN4O2. The molecule has 0 fully saturated rings. The van der Waals surface area contributed by atoms with E-state index in [1.165, 1.54) is 0 Å². The molecule has 36 heavy (non-hydrogen) atoms. The van der Waals surface area contributed by atoms with Gasteiger partial charge in [0.25, 0.3) is 5.91 Å². The molecule has 1 aromatic heterocycles. The van der Waals surface area contributed by atoms with Gasteiger partial charge in [-0.15, -0.1) is 5.10 Å². The molecule has 1 amide bonds. The van der Waals surface area contributed by atoms with Crippen molar-refractivity contribution in [3.8, 4) is 28.6 Å². The van der Waals surface area contributed by atoms with E-state index in [1.54, 1.807) is 28.9 Å². The summed E-state index contributed by atoms with van der Waals surface area (Å²) in [4.78, 5) is 17.8. The highest BCUT2D eigenvalue weighted by Gasteiger charge is 2.20. The quantitative estimate of drug-likeness (QED) is 0.245. The van der Waals surface area contributed by atoms with Gasteiger partial charge in [0.15, 0.2) is 5.82 Å². The number of hydrogen-bond donors (Lipinski definition) is 1. The standard InChI is InChI=1S/C29H23BrN4O2/c1-19-7-6-10-26(20(19)2)34-28(21-11-13-22(30)14-12-21)32-27(33-34)29(35)31-23-15-17-25(18-16-23)36-24-8-4-3-5-9-24/h3-18H,1-2H3,(H,31,35). The number of nitrogens with zero attached hydrogens (tertiary/aromatic N) is 3. The summed E-state index contributed by atoms with van der Waals surface area (Å²) in [6.45, 7) is 4.09. The van der Waals surface area contributed by atoms with Crippen molar-refractivity contribution in [1.29, 1.82) is 0 Å². The van der Waals surface area contributed by atoms with Gasteiger partial charge in [-0.3, -0.25) is 4.79 Å². The number of hydrogen-bond acceptors (Lipinski definition) is 4. The van der Waals surface area contributed by atoms with Gasteiger partial charge in [-0.1, -0.05) is 58.4 Å². The Bertz CT molecular complexity index is 1510. The molecule has 4 aromatic carbocycles. The van der Waals surface area contributed by atoms with E-state index in [4.69, 9.17) is 4.74 Å². The van der Waals surface area contributed by atoms with E-state index in [0.29, 0.717) is 17.3 Å². The first kappa shape index (κ1) is 23.5. The highest BCUT2D eigenvalue weighted by Crippen LogP contribution is 2.27. The molecule has 178 valence electrons. The van der Waals surface area contributed by atoms with Crippen LogP contribution in [0.25, 0.3) is 17.1 Å². The third-order valence-corrected chi connectivity index (χ3v) is 6.34. The second-order valence-electron chi connectivity index (χ2n) is 8.29. The summed E-state index contributed by atoms with van der Waals surface area (Å²) in [5, 5.41) is 7.50. The molecule has 0 saturated carbocycles. The molecule has 1 N–H and O–H groups in total. The molecule has 5 rings (SSSR count). The van der Waals surface area contributed by atoms with Gasteiger partial charge < -0.3 is 10.1 Å². The summed E-state index contributed by atoms with van der Waals surface area (Å²) in [6, 6.07) is 30.5. The first-order valence-corrected chi connectivity index (χ1v) is 12.2. The van der Waals surface area contributed by atoms with Crippen LogP contribution in [0.3, 0.4) is 0 Å². The van der Waals surface area contributed by atoms with Crippen LogP contribution >= 0.6 is 15.9 Å². The largest absolute Gasteiger partial charge is 0.457 e. The van der Waals surface area contributed by atoms with E-state index in [-0.39, 0.29) is 5.82 Å². The molecule has 6 nitrogen and oxygen atoms in total. The van der Waals surface area contributed by atoms with E-state index in [9.17, 15) is 4.79 Å². The van der Waals surface area contributed by atoms with Gasteiger partial charge in [-0.25, -0.2) is 9.67 Å². The first-order valence-electron chi connectivity index (χ1n) is 11.4. The predicted octanol–water partition coefficient (Wildman–Crippen LogP) is 7.36. The third kappa shape index (κ3) is 5.06. The molecule has 0 bridgehead atoms. The lowest BCUT2D eigenvalue weighted by Crippen LogP contribution is -2.14. The van der Waals surface area contributed by atoms with Gasteiger partial charge in [-0.05, 0) is 79.6 Å². The number of halogens is 1. The van der Waals surface area contributed by atoms with Crippen molar-refractivity contribution in [2.45, 2.75) is 13.8 Å². The zero-order valence-electron chi connectivity index (χ0n) is 19.8. The van der Waals surface area contributed by atoms with Crippen molar-refractivity contribution in [3.63, 3.8) is 0 Å². The first-order chi connectivity index (χ1) is 17.5. The van der Waals surface area contributed by atoms with Crippen LogP contribution in [0.2, 0.25) is 0 Å². The molecular weight excluding hydrogens is 516 g/mol. The Balaban J connectivity index is 1.43. The number of anilines is 1. The number of rotatable bonds is 6. The summed E-state index contributed by atoms with van der Waals surface area (Å²) in [6.07, 6.45) is 0. The Labute approximate surface area is 217 Å². The van der Waals surface area contributed by atoms with E-state index >= 15 is 0 Å². The molecule has 1 heterocycles. The number of para-hydroxylation sites is 1. The molecule has 7 heteroatoms. The van der Waals surface area contributed by atoms with Crippen molar-refractivity contribution >= 4 is 27.5 Å². The summed E-state index contributed by atoms with van der Waals surface area (Å²) in [5.41, 5.74) is 4.55. The molecule has 0 aliphatic carbocycles. The number of ether oxygens (including phenoxy) is 1. The topological polar surface area (TPSA) is 69.0 Å². The lowest BCUT2D eigenvalue weighted by atomic mass is 10.1. The average molecular weight is 539 g/mol. The summed E-state index contributed by atoms with van der Waals surface area (Å²) in [5.74, 6) is 1.70. The van der Waals surface area contributed by atoms with Crippen LogP contribution in [0.15, 0.2) is 102 Å². The van der Waals surface area contributed by atoms with Crippen molar-refractivity contribution in [2.24, 2.45) is 0 Å². The minimum atomic E-state index is -0.394. The molecule has 0 radical (unpaired) electrons. The molecule has 5 aromatic rings. The van der Waals surface area contributed by atoms with E-state index in [1.807, 2.05) is 86.6 Å². The fourth-order valence-electron chi connectivity index (χ4n) is 3.75. The van der Waals surface area contributed by atoms with Gasteiger partial charge in [0, 0.05) is 15.7 Å². The lowest BCUT2D eigenvalue weighted by molar-refractivity contribution is 0.101. The number of aromatic nitrogens is 3. The molecule has 0 spiro atoms. The van der Waals surface area contributed by atoms with E-state index in [2.05, 4.69) is 31.3 Å². The predicted molar refractivity (Wildman–Crippen MR) is 145 cm³/mol. The zero-order valence-corrected chi connectivity index (χ0v) is 21.4. The maximum Gasteiger partial charge on any atom is 0.295 e. The van der Waals surface area contributed by atoms with Crippen molar-refractivity contribution < 1.29 is 9.53 Å². The summed E-state index contributed by atoms with van der Waals surface area (Å²) >= 11 is 3.48. The van der Waals surface area contributed by atoms with Gasteiger partial charge in [0.2, 0.25) is 5.82 Å². The molecule has 0 saturated heterocycles. The Hall–Kier alpha value is -4.23.